The Morgan fingerprint density at radius 2 is 2.00 bits per heavy atom. The highest BCUT2D eigenvalue weighted by molar-refractivity contribution is 7.89. The van der Waals surface area contributed by atoms with Crippen LogP contribution in [0.15, 0.2) is 23.1 Å². The minimum absolute atomic E-state index is 0.0498. The smallest absolute Gasteiger partial charge is 0.241 e. The van der Waals surface area contributed by atoms with Gasteiger partial charge in [0, 0.05) is 12.6 Å². The Hall–Kier alpha value is -0.910. The first kappa shape index (κ1) is 17.1. The van der Waals surface area contributed by atoms with Crippen molar-refractivity contribution in [3.05, 3.63) is 29.3 Å². The van der Waals surface area contributed by atoms with Crippen molar-refractivity contribution < 1.29 is 8.42 Å². The summed E-state index contributed by atoms with van der Waals surface area (Å²) in [7, 11) is -3.47. The number of nitrogens with two attached hydrogens (primary N) is 1. The molecule has 0 aliphatic heterocycles. The van der Waals surface area contributed by atoms with Crippen LogP contribution in [0.3, 0.4) is 0 Å². The van der Waals surface area contributed by atoms with Crippen molar-refractivity contribution in [3.8, 4) is 0 Å². The van der Waals surface area contributed by atoms with Gasteiger partial charge in [-0.3, -0.25) is 0 Å². The second-order valence-electron chi connectivity index (χ2n) is 5.16. The molecule has 1 unspecified atom stereocenters. The van der Waals surface area contributed by atoms with Crippen LogP contribution in [0, 0.1) is 0 Å². The van der Waals surface area contributed by atoms with Crippen LogP contribution in [0.2, 0.25) is 0 Å². The molecule has 5 heteroatoms. The maximum absolute atomic E-state index is 12.5. The molecule has 1 aromatic rings. The van der Waals surface area contributed by atoms with E-state index < -0.39 is 10.0 Å². The number of hydrogen-bond donors (Lipinski definition) is 2. The van der Waals surface area contributed by atoms with Gasteiger partial charge in [-0.1, -0.05) is 38.8 Å². The van der Waals surface area contributed by atoms with Crippen LogP contribution in [0.25, 0.3) is 0 Å². The summed E-state index contributed by atoms with van der Waals surface area (Å²) >= 11 is 0. The van der Waals surface area contributed by atoms with E-state index in [0.29, 0.717) is 17.9 Å². The normalized spacial score (nSPS) is 13.4. The summed E-state index contributed by atoms with van der Waals surface area (Å²) in [4.78, 5) is 0.367. The van der Waals surface area contributed by atoms with Crippen LogP contribution < -0.4 is 10.5 Å². The van der Waals surface area contributed by atoms with Crippen molar-refractivity contribution in [1.29, 1.82) is 0 Å². The Labute approximate surface area is 122 Å². The fourth-order valence-electron chi connectivity index (χ4n) is 2.17. The van der Waals surface area contributed by atoms with Gasteiger partial charge in [0.15, 0.2) is 0 Å². The largest absolute Gasteiger partial charge is 0.326 e. The minimum atomic E-state index is -3.47. The quantitative estimate of drug-likeness (QED) is 0.774. The molecule has 1 rings (SSSR count). The van der Waals surface area contributed by atoms with Gasteiger partial charge >= 0.3 is 0 Å². The van der Waals surface area contributed by atoms with Crippen molar-refractivity contribution in [1.82, 2.24) is 4.72 Å². The fourth-order valence-corrected chi connectivity index (χ4v) is 3.80. The average Bonchev–Trinajstić information content (AvgIpc) is 2.43. The summed E-state index contributed by atoms with van der Waals surface area (Å²) in [5, 5.41) is 0. The molecule has 0 bridgehead atoms. The summed E-state index contributed by atoms with van der Waals surface area (Å²) in [6.45, 7) is 6.31. The predicted octanol–water partition coefficient (Wildman–Crippen LogP) is 2.56. The topological polar surface area (TPSA) is 72.2 Å². The van der Waals surface area contributed by atoms with E-state index in [1.54, 1.807) is 6.07 Å². The zero-order chi connectivity index (χ0) is 15.2. The average molecular weight is 298 g/mol. The lowest BCUT2D eigenvalue weighted by Gasteiger charge is -2.16. The number of rotatable bonds is 8. The molecule has 0 radical (unpaired) electrons. The second kappa shape index (κ2) is 7.76. The highest BCUT2D eigenvalue weighted by atomic mass is 32.2. The first-order valence-corrected chi connectivity index (χ1v) is 8.77. The Balaban J connectivity index is 3.01. The Morgan fingerprint density at radius 3 is 2.55 bits per heavy atom. The number of hydrogen-bond acceptors (Lipinski definition) is 3. The Bertz CT molecular complexity index is 527. The van der Waals surface area contributed by atoms with E-state index in [1.807, 2.05) is 26.0 Å². The second-order valence-corrected chi connectivity index (χ2v) is 6.85. The van der Waals surface area contributed by atoms with Crippen LogP contribution in [0.5, 0.6) is 0 Å². The third kappa shape index (κ3) is 4.58. The van der Waals surface area contributed by atoms with E-state index in [-0.39, 0.29) is 6.04 Å². The van der Waals surface area contributed by atoms with Gasteiger partial charge < -0.3 is 5.73 Å². The van der Waals surface area contributed by atoms with E-state index in [1.165, 1.54) is 0 Å². The van der Waals surface area contributed by atoms with E-state index in [4.69, 9.17) is 5.73 Å². The highest BCUT2D eigenvalue weighted by Gasteiger charge is 2.20. The molecule has 20 heavy (non-hydrogen) atoms. The van der Waals surface area contributed by atoms with Crippen LogP contribution in [-0.2, 0) is 23.0 Å². The number of unbranched alkanes of at least 4 members (excludes halogenated alkanes) is 1. The van der Waals surface area contributed by atoms with Gasteiger partial charge in [-0.25, -0.2) is 13.1 Å². The van der Waals surface area contributed by atoms with Crippen LogP contribution >= 0.6 is 0 Å². The molecule has 0 aliphatic carbocycles. The first-order chi connectivity index (χ1) is 9.44. The molecular weight excluding hydrogens is 272 g/mol. The van der Waals surface area contributed by atoms with Gasteiger partial charge in [0.1, 0.15) is 0 Å². The number of sulfonamides is 1. The zero-order valence-corrected chi connectivity index (χ0v) is 13.5. The zero-order valence-electron chi connectivity index (χ0n) is 12.6. The molecule has 0 heterocycles. The molecule has 0 aliphatic rings. The van der Waals surface area contributed by atoms with Crippen LogP contribution in [-0.4, -0.2) is 14.5 Å². The van der Waals surface area contributed by atoms with Crippen molar-refractivity contribution in [2.45, 2.75) is 63.9 Å². The summed E-state index contributed by atoms with van der Waals surface area (Å²) in [6.07, 6.45) is 3.63. The van der Waals surface area contributed by atoms with Gasteiger partial charge in [-0.2, -0.15) is 0 Å². The molecule has 0 spiro atoms. The molecule has 1 atom stereocenters. The molecular formula is C15H26N2O2S. The van der Waals surface area contributed by atoms with Crippen LogP contribution in [0.1, 0.15) is 51.2 Å². The Morgan fingerprint density at radius 1 is 1.30 bits per heavy atom. The first-order valence-electron chi connectivity index (χ1n) is 7.28. The van der Waals surface area contributed by atoms with Crippen molar-refractivity contribution in [3.63, 3.8) is 0 Å². The summed E-state index contributed by atoms with van der Waals surface area (Å²) in [5.41, 5.74) is 7.27. The molecule has 1 aromatic carbocycles. The number of benzene rings is 1. The Kier molecular flexibility index (Phi) is 6.65. The standard InChI is InChI=1S/C15H26N2O2S/c1-4-6-7-12(3)17-20(18,19)15-10-13(11-16)8-9-14(15)5-2/h8-10,12,17H,4-7,11,16H2,1-3H3. The van der Waals surface area contributed by atoms with Crippen LogP contribution in [0.4, 0.5) is 0 Å². The predicted molar refractivity (Wildman–Crippen MR) is 83.0 cm³/mol. The van der Waals surface area contributed by atoms with E-state index in [0.717, 1.165) is 30.4 Å². The van der Waals surface area contributed by atoms with Crippen molar-refractivity contribution in [2.75, 3.05) is 0 Å². The van der Waals surface area contributed by atoms with Crippen molar-refractivity contribution >= 4 is 10.0 Å². The molecule has 0 amide bonds. The summed E-state index contributed by atoms with van der Waals surface area (Å²) in [6, 6.07) is 5.38. The lowest BCUT2D eigenvalue weighted by Crippen LogP contribution is -2.33. The van der Waals surface area contributed by atoms with Gasteiger partial charge in [-0.05, 0) is 37.0 Å². The van der Waals surface area contributed by atoms with Crippen molar-refractivity contribution in [2.24, 2.45) is 5.73 Å². The van der Waals surface area contributed by atoms with E-state index >= 15 is 0 Å². The molecule has 114 valence electrons. The number of nitrogens with one attached hydrogen (secondary N) is 1. The highest BCUT2D eigenvalue weighted by Crippen LogP contribution is 2.19. The SMILES string of the molecule is CCCCC(C)NS(=O)(=O)c1cc(CN)ccc1CC. The van der Waals surface area contributed by atoms with E-state index in [9.17, 15) is 8.42 Å². The molecule has 4 nitrogen and oxygen atoms in total. The number of aryl methyl sites for hydroxylation is 1. The van der Waals surface area contributed by atoms with Gasteiger partial charge in [0.05, 0.1) is 4.90 Å². The maximum atomic E-state index is 12.5. The van der Waals surface area contributed by atoms with Gasteiger partial charge in [0.25, 0.3) is 0 Å². The lowest BCUT2D eigenvalue weighted by molar-refractivity contribution is 0.533. The molecule has 3 N–H and O–H groups in total. The third-order valence-corrected chi connectivity index (χ3v) is 5.06. The molecule has 0 saturated heterocycles. The minimum Gasteiger partial charge on any atom is -0.326 e. The van der Waals surface area contributed by atoms with Gasteiger partial charge in [-0.15, -0.1) is 0 Å². The monoisotopic (exact) mass is 298 g/mol. The third-order valence-electron chi connectivity index (χ3n) is 3.38. The summed E-state index contributed by atoms with van der Waals surface area (Å²) < 4.78 is 27.8. The molecule has 0 saturated carbocycles. The molecule has 0 fully saturated rings. The maximum Gasteiger partial charge on any atom is 0.241 e. The van der Waals surface area contributed by atoms with Gasteiger partial charge in [0.2, 0.25) is 10.0 Å². The summed E-state index contributed by atoms with van der Waals surface area (Å²) in [5.74, 6) is 0. The fraction of sp³-hybridized carbons (Fsp3) is 0.600. The lowest BCUT2D eigenvalue weighted by atomic mass is 10.1. The van der Waals surface area contributed by atoms with E-state index in [2.05, 4.69) is 11.6 Å². The molecule has 0 aromatic heterocycles.